The summed E-state index contributed by atoms with van der Waals surface area (Å²) < 4.78 is 5.54. The third-order valence-electron chi connectivity index (χ3n) is 4.61. The van der Waals surface area contributed by atoms with Gasteiger partial charge in [-0.2, -0.15) is 0 Å². The van der Waals surface area contributed by atoms with Gasteiger partial charge in [-0.05, 0) is 19.4 Å². The minimum atomic E-state index is -0.865. The molecule has 0 saturated heterocycles. The molecule has 142 valence electrons. The summed E-state index contributed by atoms with van der Waals surface area (Å²) in [5.74, 6) is -2.25. The van der Waals surface area contributed by atoms with E-state index in [9.17, 15) is 25.2 Å². The normalized spacial score (nSPS) is 16.7. The van der Waals surface area contributed by atoms with Crippen LogP contribution in [0.4, 0.5) is 0 Å². The maximum Gasteiger partial charge on any atom is 0.181 e. The SMILES string of the molecule is CC(=CCc1c(O)cc2c(c1O)C(=O)[C@@H](c1ccc(O)cc1O)CO2)CO. The van der Waals surface area contributed by atoms with E-state index in [1.807, 2.05) is 0 Å². The van der Waals surface area contributed by atoms with Crippen LogP contribution >= 0.6 is 0 Å². The number of allylic oxidation sites excluding steroid dienone is 1. The molecule has 0 fully saturated rings. The molecule has 0 bridgehead atoms. The number of rotatable bonds is 4. The lowest BCUT2D eigenvalue weighted by Crippen LogP contribution is -2.26. The van der Waals surface area contributed by atoms with Crippen molar-refractivity contribution in [1.29, 1.82) is 0 Å². The van der Waals surface area contributed by atoms with Gasteiger partial charge in [-0.15, -0.1) is 0 Å². The number of aliphatic hydroxyl groups excluding tert-OH is 1. The minimum absolute atomic E-state index is 0.0659. The van der Waals surface area contributed by atoms with Crippen molar-refractivity contribution in [2.45, 2.75) is 19.3 Å². The Morgan fingerprint density at radius 2 is 1.93 bits per heavy atom. The molecular formula is C20H20O7. The van der Waals surface area contributed by atoms with Crippen molar-refractivity contribution in [2.24, 2.45) is 0 Å². The number of ketones is 1. The Kier molecular flexibility index (Phi) is 4.96. The summed E-state index contributed by atoms with van der Waals surface area (Å²) in [6.07, 6.45) is 1.76. The lowest BCUT2D eigenvalue weighted by atomic mass is 9.86. The molecule has 1 aliphatic heterocycles. The smallest absolute Gasteiger partial charge is 0.181 e. The van der Waals surface area contributed by atoms with Gasteiger partial charge in [0.1, 0.15) is 40.9 Å². The molecule has 1 aliphatic rings. The van der Waals surface area contributed by atoms with E-state index in [1.54, 1.807) is 13.0 Å². The first-order chi connectivity index (χ1) is 12.8. The number of benzene rings is 2. The number of ether oxygens (including phenoxy) is 1. The fourth-order valence-corrected chi connectivity index (χ4v) is 3.05. The number of hydrogen-bond donors (Lipinski definition) is 5. The number of carbonyl (C=O) groups is 1. The van der Waals surface area contributed by atoms with E-state index >= 15 is 0 Å². The monoisotopic (exact) mass is 372 g/mol. The fraction of sp³-hybridized carbons (Fsp3) is 0.250. The topological polar surface area (TPSA) is 127 Å². The summed E-state index contributed by atoms with van der Waals surface area (Å²) in [6.45, 7) is 1.47. The maximum absolute atomic E-state index is 13.0. The highest BCUT2D eigenvalue weighted by Gasteiger charge is 2.35. The van der Waals surface area contributed by atoms with E-state index < -0.39 is 11.7 Å². The summed E-state index contributed by atoms with van der Waals surface area (Å²) in [4.78, 5) is 13.0. The van der Waals surface area contributed by atoms with Crippen LogP contribution in [-0.4, -0.2) is 44.5 Å². The number of Topliss-reactive ketones (excluding diaryl/α,β-unsaturated/α-hetero) is 1. The average Bonchev–Trinajstić information content (AvgIpc) is 2.62. The number of phenols is 4. The number of carbonyl (C=O) groups excluding carboxylic acids is 1. The predicted octanol–water partition coefficient (Wildman–Crippen LogP) is 2.35. The molecule has 7 heteroatoms. The van der Waals surface area contributed by atoms with E-state index in [2.05, 4.69) is 0 Å². The first-order valence-corrected chi connectivity index (χ1v) is 8.36. The lowest BCUT2D eigenvalue weighted by Gasteiger charge is -2.26. The number of fused-ring (bicyclic) bond motifs is 1. The molecule has 0 radical (unpaired) electrons. The molecule has 7 nitrogen and oxygen atoms in total. The van der Waals surface area contributed by atoms with Gasteiger partial charge < -0.3 is 30.3 Å². The van der Waals surface area contributed by atoms with Crippen molar-refractivity contribution in [1.82, 2.24) is 0 Å². The van der Waals surface area contributed by atoms with Crippen LogP contribution in [0.2, 0.25) is 0 Å². The molecule has 0 spiro atoms. The molecule has 5 N–H and O–H groups in total. The lowest BCUT2D eigenvalue weighted by molar-refractivity contribution is 0.0889. The van der Waals surface area contributed by atoms with E-state index in [-0.39, 0.29) is 65.1 Å². The van der Waals surface area contributed by atoms with Crippen LogP contribution in [0.25, 0.3) is 0 Å². The summed E-state index contributed by atoms with van der Waals surface area (Å²) in [7, 11) is 0. The Morgan fingerprint density at radius 1 is 1.19 bits per heavy atom. The first-order valence-electron chi connectivity index (χ1n) is 8.36. The number of aliphatic hydroxyl groups is 1. The van der Waals surface area contributed by atoms with Crippen molar-refractivity contribution >= 4 is 5.78 Å². The zero-order valence-electron chi connectivity index (χ0n) is 14.6. The zero-order valence-corrected chi connectivity index (χ0v) is 14.6. The zero-order chi connectivity index (χ0) is 19.7. The Balaban J connectivity index is 2.03. The van der Waals surface area contributed by atoms with Gasteiger partial charge in [0.15, 0.2) is 5.78 Å². The van der Waals surface area contributed by atoms with Crippen molar-refractivity contribution in [3.05, 3.63) is 52.6 Å². The van der Waals surface area contributed by atoms with Gasteiger partial charge in [0, 0.05) is 23.3 Å². The van der Waals surface area contributed by atoms with Gasteiger partial charge in [-0.1, -0.05) is 17.7 Å². The molecule has 2 aromatic rings. The second-order valence-corrected chi connectivity index (χ2v) is 6.48. The molecule has 0 saturated carbocycles. The second-order valence-electron chi connectivity index (χ2n) is 6.48. The quantitative estimate of drug-likeness (QED) is 0.521. The number of aromatic hydroxyl groups is 4. The Morgan fingerprint density at radius 3 is 2.59 bits per heavy atom. The molecule has 27 heavy (non-hydrogen) atoms. The van der Waals surface area contributed by atoms with Gasteiger partial charge >= 0.3 is 0 Å². The van der Waals surface area contributed by atoms with Crippen molar-refractivity contribution in [2.75, 3.05) is 13.2 Å². The summed E-state index contributed by atoms with van der Waals surface area (Å²) in [6, 6.07) is 5.18. The van der Waals surface area contributed by atoms with Crippen LogP contribution in [-0.2, 0) is 6.42 Å². The van der Waals surface area contributed by atoms with E-state index in [0.29, 0.717) is 5.57 Å². The fourth-order valence-electron chi connectivity index (χ4n) is 3.05. The molecule has 0 aromatic heterocycles. The van der Waals surface area contributed by atoms with Crippen molar-refractivity contribution in [3.63, 3.8) is 0 Å². The highest BCUT2D eigenvalue weighted by atomic mass is 16.5. The van der Waals surface area contributed by atoms with Crippen LogP contribution < -0.4 is 4.74 Å². The molecule has 0 aliphatic carbocycles. The Bertz CT molecular complexity index is 930. The standard InChI is InChI=1S/C20H20O7/c1-10(8-21)2-4-13-16(24)7-17-18(19(13)25)20(26)14(9-27-17)12-5-3-11(22)6-15(12)23/h2-3,5-7,14,21-25H,4,8-9H2,1H3/t14-/m1/s1. The third kappa shape index (κ3) is 3.41. The third-order valence-corrected chi connectivity index (χ3v) is 4.61. The van der Waals surface area contributed by atoms with E-state index in [4.69, 9.17) is 9.84 Å². The molecule has 3 rings (SSSR count). The van der Waals surface area contributed by atoms with E-state index in [1.165, 1.54) is 18.2 Å². The van der Waals surface area contributed by atoms with Crippen LogP contribution in [0.1, 0.15) is 34.3 Å². The predicted molar refractivity (Wildman–Crippen MR) is 96.7 cm³/mol. The highest BCUT2D eigenvalue weighted by molar-refractivity contribution is 6.07. The van der Waals surface area contributed by atoms with Crippen LogP contribution in [0.5, 0.6) is 28.7 Å². The van der Waals surface area contributed by atoms with Crippen molar-refractivity contribution in [3.8, 4) is 28.7 Å². The molecular weight excluding hydrogens is 352 g/mol. The maximum atomic E-state index is 13.0. The molecule has 0 amide bonds. The summed E-state index contributed by atoms with van der Waals surface area (Å²) in [5, 5.41) is 49.3. The number of hydrogen-bond acceptors (Lipinski definition) is 7. The molecule has 1 heterocycles. The summed E-state index contributed by atoms with van der Waals surface area (Å²) >= 11 is 0. The first kappa shape index (κ1) is 18.6. The van der Waals surface area contributed by atoms with Gasteiger partial charge in [0.25, 0.3) is 0 Å². The van der Waals surface area contributed by atoms with E-state index in [0.717, 1.165) is 6.07 Å². The van der Waals surface area contributed by atoms with Crippen LogP contribution in [0.15, 0.2) is 35.9 Å². The van der Waals surface area contributed by atoms with Crippen molar-refractivity contribution < 1.29 is 35.1 Å². The molecule has 0 unspecified atom stereocenters. The molecule has 2 aromatic carbocycles. The summed E-state index contributed by atoms with van der Waals surface area (Å²) in [5.41, 5.74) is 1.00. The second kappa shape index (κ2) is 7.20. The molecule has 1 atom stereocenters. The van der Waals surface area contributed by atoms with Crippen LogP contribution in [0, 0.1) is 0 Å². The Labute approximate surface area is 155 Å². The number of phenolic OH excluding ortho intramolecular Hbond substituents is 4. The van der Waals surface area contributed by atoms with Gasteiger partial charge in [-0.3, -0.25) is 4.79 Å². The minimum Gasteiger partial charge on any atom is -0.508 e. The van der Waals surface area contributed by atoms with Gasteiger partial charge in [0.2, 0.25) is 0 Å². The highest BCUT2D eigenvalue weighted by Crippen LogP contribution is 2.45. The van der Waals surface area contributed by atoms with Gasteiger partial charge in [-0.25, -0.2) is 0 Å². The Hall–Kier alpha value is -3.19. The largest absolute Gasteiger partial charge is 0.508 e. The van der Waals surface area contributed by atoms with Gasteiger partial charge in [0.05, 0.1) is 12.5 Å². The average molecular weight is 372 g/mol. The van der Waals surface area contributed by atoms with Crippen LogP contribution in [0.3, 0.4) is 0 Å².